The van der Waals surface area contributed by atoms with E-state index in [0.29, 0.717) is 16.4 Å². The molecule has 0 aliphatic carbocycles. The van der Waals surface area contributed by atoms with Gasteiger partial charge >= 0.3 is 5.69 Å². The standard InChI is InChI=1S/C19H14N4O3/c1-11-6-2-5-9-15(11)23-18(25)12(17(24)22-19(23)26)10-16-20-13-7-3-4-8-14(13)21-16/h2-10,25H,1H3,(H,22,24,26). The van der Waals surface area contributed by atoms with E-state index in [4.69, 9.17) is 0 Å². The number of aryl methyl sites for hydroxylation is 1. The van der Waals surface area contributed by atoms with Gasteiger partial charge in [-0.2, -0.15) is 0 Å². The van der Waals surface area contributed by atoms with Crippen molar-refractivity contribution in [1.82, 2.24) is 9.55 Å². The number of nitrogens with zero attached hydrogens (tertiary/aromatic N) is 3. The van der Waals surface area contributed by atoms with Gasteiger partial charge in [-0.05, 0) is 30.7 Å². The second kappa shape index (κ2) is 5.96. The zero-order valence-corrected chi connectivity index (χ0v) is 13.8. The summed E-state index contributed by atoms with van der Waals surface area (Å²) < 4.78 is 1.06. The maximum atomic E-state index is 12.3. The Morgan fingerprint density at radius 2 is 1.62 bits per heavy atom. The van der Waals surface area contributed by atoms with Crippen molar-refractivity contribution in [1.29, 1.82) is 0 Å². The monoisotopic (exact) mass is 346 g/mol. The highest BCUT2D eigenvalue weighted by Gasteiger charge is 2.16. The number of aromatic amines is 1. The van der Waals surface area contributed by atoms with Gasteiger partial charge < -0.3 is 5.11 Å². The average molecular weight is 346 g/mol. The van der Waals surface area contributed by atoms with Crippen LogP contribution in [0.4, 0.5) is 0 Å². The van der Waals surface area contributed by atoms with Crippen molar-refractivity contribution < 1.29 is 5.11 Å². The Bertz CT molecular complexity index is 1260. The molecule has 1 aromatic heterocycles. The molecule has 1 aliphatic heterocycles. The molecule has 3 aromatic rings. The third kappa shape index (κ3) is 2.55. The number of aromatic nitrogens is 2. The quantitative estimate of drug-likeness (QED) is 0.717. The third-order valence-electron chi connectivity index (χ3n) is 4.10. The third-order valence-corrected chi connectivity index (χ3v) is 4.10. The molecule has 26 heavy (non-hydrogen) atoms. The minimum Gasteiger partial charge on any atom is -0.494 e. The number of nitrogens with one attached hydrogen (secondary N) is 1. The zero-order chi connectivity index (χ0) is 18.3. The van der Waals surface area contributed by atoms with Gasteiger partial charge in [-0.1, -0.05) is 30.3 Å². The van der Waals surface area contributed by atoms with Crippen LogP contribution in [0.25, 0.3) is 11.8 Å². The van der Waals surface area contributed by atoms with Gasteiger partial charge in [0.05, 0.1) is 16.4 Å². The van der Waals surface area contributed by atoms with Crippen molar-refractivity contribution in [3.8, 4) is 11.6 Å². The Kier molecular flexibility index (Phi) is 3.62. The minimum atomic E-state index is -0.715. The van der Waals surface area contributed by atoms with Crippen molar-refractivity contribution in [3.05, 3.63) is 97.0 Å². The zero-order valence-electron chi connectivity index (χ0n) is 13.8. The molecule has 0 radical (unpaired) electrons. The summed E-state index contributed by atoms with van der Waals surface area (Å²) in [6.45, 7) is 1.81. The number of para-hydroxylation sites is 3. The van der Waals surface area contributed by atoms with Gasteiger partial charge in [0.2, 0.25) is 5.88 Å². The SMILES string of the molecule is Cc1ccccc1-n1c(O)c(C=C2N=c3ccccc3=N2)c(=O)[nH]c1=O. The number of hydrogen-bond donors (Lipinski definition) is 2. The number of hydrogen-bond acceptors (Lipinski definition) is 5. The Labute approximate surface area is 147 Å². The highest BCUT2D eigenvalue weighted by Crippen LogP contribution is 2.21. The number of fused-ring (bicyclic) bond motifs is 1. The first-order valence-electron chi connectivity index (χ1n) is 7.93. The molecule has 0 spiro atoms. The molecule has 0 unspecified atom stereocenters. The van der Waals surface area contributed by atoms with E-state index >= 15 is 0 Å². The molecule has 0 bridgehead atoms. The molecular weight excluding hydrogens is 332 g/mol. The lowest BCUT2D eigenvalue weighted by Crippen LogP contribution is -2.30. The first-order valence-corrected chi connectivity index (χ1v) is 7.93. The molecule has 0 atom stereocenters. The maximum Gasteiger partial charge on any atom is 0.335 e. The summed E-state index contributed by atoms with van der Waals surface area (Å²) in [5.41, 5.74) is -0.241. The van der Waals surface area contributed by atoms with Crippen LogP contribution < -0.4 is 22.0 Å². The van der Waals surface area contributed by atoms with Gasteiger partial charge in [0.1, 0.15) is 5.56 Å². The summed E-state index contributed by atoms with van der Waals surface area (Å²) in [7, 11) is 0. The topological polar surface area (TPSA) is 99.8 Å². The summed E-state index contributed by atoms with van der Waals surface area (Å²) in [6.07, 6.45) is 1.36. The molecule has 0 fully saturated rings. The largest absolute Gasteiger partial charge is 0.494 e. The number of aromatic hydroxyl groups is 1. The van der Waals surface area contributed by atoms with E-state index < -0.39 is 17.1 Å². The van der Waals surface area contributed by atoms with Crippen molar-refractivity contribution in [3.63, 3.8) is 0 Å². The lowest BCUT2D eigenvalue weighted by Gasteiger charge is -2.12. The van der Waals surface area contributed by atoms with Gasteiger partial charge in [0, 0.05) is 6.08 Å². The Hall–Kier alpha value is -3.74. The summed E-state index contributed by atoms with van der Waals surface area (Å²) >= 11 is 0. The Morgan fingerprint density at radius 1 is 1.00 bits per heavy atom. The van der Waals surface area contributed by atoms with Gasteiger partial charge in [-0.25, -0.2) is 19.3 Å². The van der Waals surface area contributed by atoms with Gasteiger partial charge in [-0.3, -0.25) is 9.78 Å². The van der Waals surface area contributed by atoms with Crippen LogP contribution in [0, 0.1) is 6.92 Å². The number of benzene rings is 2. The molecule has 0 amide bonds. The normalized spacial score (nSPS) is 12.3. The highest BCUT2D eigenvalue weighted by molar-refractivity contribution is 5.58. The van der Waals surface area contributed by atoms with Crippen LogP contribution in [-0.4, -0.2) is 14.7 Å². The fourth-order valence-corrected chi connectivity index (χ4v) is 2.83. The molecule has 128 valence electrons. The second-order valence-corrected chi connectivity index (χ2v) is 5.83. The molecule has 2 aromatic carbocycles. The molecule has 7 heteroatoms. The summed E-state index contributed by atoms with van der Waals surface area (Å²) in [5.74, 6) is -0.177. The molecular formula is C19H14N4O3. The van der Waals surface area contributed by atoms with E-state index in [9.17, 15) is 14.7 Å². The molecule has 7 nitrogen and oxygen atoms in total. The van der Waals surface area contributed by atoms with Crippen molar-refractivity contribution in [2.24, 2.45) is 9.98 Å². The van der Waals surface area contributed by atoms with E-state index in [1.807, 2.05) is 31.2 Å². The van der Waals surface area contributed by atoms with E-state index in [1.165, 1.54) is 6.08 Å². The molecule has 1 aliphatic rings. The summed E-state index contributed by atoms with van der Waals surface area (Å²) in [5, 5.41) is 12.0. The van der Waals surface area contributed by atoms with Crippen LogP contribution in [0.3, 0.4) is 0 Å². The van der Waals surface area contributed by atoms with Crippen LogP contribution >= 0.6 is 0 Å². The van der Waals surface area contributed by atoms with Gasteiger partial charge in [0.25, 0.3) is 5.56 Å². The van der Waals surface area contributed by atoms with Crippen LogP contribution in [-0.2, 0) is 0 Å². The van der Waals surface area contributed by atoms with Crippen molar-refractivity contribution in [2.45, 2.75) is 6.92 Å². The number of rotatable bonds is 2. The number of H-pyrrole nitrogens is 1. The van der Waals surface area contributed by atoms with Crippen molar-refractivity contribution >= 4 is 6.08 Å². The smallest absolute Gasteiger partial charge is 0.335 e. The molecule has 0 saturated heterocycles. The average Bonchev–Trinajstić information content (AvgIpc) is 3.02. The summed E-state index contributed by atoms with van der Waals surface area (Å²) in [4.78, 5) is 35.4. The van der Waals surface area contributed by atoms with Crippen molar-refractivity contribution in [2.75, 3.05) is 0 Å². The van der Waals surface area contributed by atoms with Crippen LogP contribution in [0.2, 0.25) is 0 Å². The Morgan fingerprint density at radius 3 is 2.27 bits per heavy atom. The fraction of sp³-hybridized carbons (Fsp3) is 0.0526. The van der Waals surface area contributed by atoms with Crippen LogP contribution in [0.1, 0.15) is 11.1 Å². The minimum absolute atomic E-state index is 0.0804. The van der Waals surface area contributed by atoms with Crippen LogP contribution in [0.5, 0.6) is 5.88 Å². The predicted octanol–water partition coefficient (Wildman–Crippen LogP) is 0.791. The first kappa shape index (κ1) is 15.8. The predicted molar refractivity (Wildman–Crippen MR) is 95.8 cm³/mol. The van der Waals surface area contributed by atoms with E-state index in [1.54, 1.807) is 24.3 Å². The second-order valence-electron chi connectivity index (χ2n) is 5.83. The Balaban J connectivity index is 1.95. The molecule has 0 saturated carbocycles. The lowest BCUT2D eigenvalue weighted by atomic mass is 10.2. The van der Waals surface area contributed by atoms with Gasteiger partial charge in [-0.15, -0.1) is 0 Å². The maximum absolute atomic E-state index is 12.3. The van der Waals surface area contributed by atoms with E-state index in [2.05, 4.69) is 15.0 Å². The molecule has 2 N–H and O–H groups in total. The summed E-state index contributed by atoms with van der Waals surface area (Å²) in [6, 6.07) is 14.3. The molecule has 4 rings (SSSR count). The highest BCUT2D eigenvalue weighted by atomic mass is 16.3. The lowest BCUT2D eigenvalue weighted by molar-refractivity contribution is 0.429. The molecule has 2 heterocycles. The van der Waals surface area contributed by atoms with Crippen LogP contribution in [0.15, 0.2) is 73.9 Å². The van der Waals surface area contributed by atoms with Gasteiger partial charge in [0.15, 0.2) is 5.82 Å². The first-order chi connectivity index (χ1) is 12.5. The fourth-order valence-electron chi connectivity index (χ4n) is 2.83. The van der Waals surface area contributed by atoms with E-state index in [0.717, 1.165) is 10.1 Å². The van der Waals surface area contributed by atoms with E-state index in [-0.39, 0.29) is 11.4 Å².